The lowest BCUT2D eigenvalue weighted by Gasteiger charge is -2.54. The Morgan fingerprint density at radius 3 is 2.73 bits per heavy atom. The minimum atomic E-state index is -0.0670. The molecule has 0 bridgehead atoms. The zero-order valence-electron chi connectivity index (χ0n) is 12.6. The molecule has 1 aromatic rings. The summed E-state index contributed by atoms with van der Waals surface area (Å²) in [4.78, 5) is 18.7. The molecule has 0 N–H and O–H groups in total. The van der Waals surface area contributed by atoms with Crippen LogP contribution in [0.2, 0.25) is 0 Å². The Labute approximate surface area is 130 Å². The Hall–Kier alpha value is -2.15. The summed E-state index contributed by atoms with van der Waals surface area (Å²) in [6.07, 6.45) is 10.4. The second-order valence-corrected chi connectivity index (χ2v) is 6.88. The molecule has 4 heteroatoms. The second kappa shape index (κ2) is 4.95. The van der Waals surface area contributed by atoms with E-state index in [1.807, 2.05) is 6.07 Å². The summed E-state index contributed by atoms with van der Waals surface area (Å²) in [5.74, 6) is -0.0670. The van der Waals surface area contributed by atoms with Crippen molar-refractivity contribution in [2.75, 3.05) is 13.1 Å². The molecular formula is C18H19N3O. The number of Topliss-reactive ketones (excluding diaryl/α,β-unsaturated/α-hetero) is 1. The molecule has 2 fully saturated rings. The van der Waals surface area contributed by atoms with Crippen LogP contribution in [-0.4, -0.2) is 28.8 Å². The molecule has 2 aliphatic carbocycles. The number of aromatic nitrogens is 1. The van der Waals surface area contributed by atoms with Gasteiger partial charge in [0.15, 0.2) is 5.78 Å². The number of nitriles is 1. The standard InChI is InChI=1S/C18H19N3O/c19-9-15-16(22)8-13-10-20-7-4-14(13)17(15)21-11-18(12-21)5-2-1-3-6-18/h4,7,10H,1-3,5-6,8,11-12H2. The number of hydrogen-bond acceptors (Lipinski definition) is 4. The Kier molecular flexibility index (Phi) is 3.04. The lowest BCUT2D eigenvalue weighted by Crippen LogP contribution is -2.56. The summed E-state index contributed by atoms with van der Waals surface area (Å²) in [6.45, 7) is 1.98. The molecule has 4 nitrogen and oxygen atoms in total. The summed E-state index contributed by atoms with van der Waals surface area (Å²) in [5.41, 5.74) is 3.60. The highest BCUT2D eigenvalue weighted by molar-refractivity contribution is 6.09. The first kappa shape index (κ1) is 13.5. The fourth-order valence-electron chi connectivity index (χ4n) is 4.31. The van der Waals surface area contributed by atoms with Crippen LogP contribution in [0.25, 0.3) is 5.70 Å². The fraction of sp³-hybridized carbons (Fsp3) is 0.500. The first-order chi connectivity index (χ1) is 10.7. The average molecular weight is 293 g/mol. The van der Waals surface area contributed by atoms with Crippen LogP contribution in [0.1, 0.15) is 43.2 Å². The number of carbonyl (C=O) groups is 1. The minimum absolute atomic E-state index is 0.0670. The van der Waals surface area contributed by atoms with Crippen molar-refractivity contribution < 1.29 is 4.79 Å². The van der Waals surface area contributed by atoms with Crippen LogP contribution in [0.4, 0.5) is 0 Å². The number of pyridine rings is 1. The fourth-order valence-corrected chi connectivity index (χ4v) is 4.31. The van der Waals surface area contributed by atoms with E-state index >= 15 is 0 Å². The number of rotatable bonds is 1. The highest BCUT2D eigenvalue weighted by Gasteiger charge is 2.46. The highest BCUT2D eigenvalue weighted by Crippen LogP contribution is 2.48. The van der Waals surface area contributed by atoms with Gasteiger partial charge in [-0.3, -0.25) is 9.78 Å². The van der Waals surface area contributed by atoms with Crippen molar-refractivity contribution in [2.24, 2.45) is 5.41 Å². The van der Waals surface area contributed by atoms with Crippen LogP contribution >= 0.6 is 0 Å². The van der Waals surface area contributed by atoms with Gasteiger partial charge in [-0.25, -0.2) is 0 Å². The number of nitrogens with zero attached hydrogens (tertiary/aromatic N) is 3. The summed E-state index contributed by atoms with van der Waals surface area (Å²) in [5, 5.41) is 9.46. The van der Waals surface area contributed by atoms with E-state index in [1.165, 1.54) is 32.1 Å². The number of ketones is 1. The minimum Gasteiger partial charge on any atom is -0.369 e. The molecule has 1 saturated heterocycles. The Morgan fingerprint density at radius 2 is 2.00 bits per heavy atom. The monoisotopic (exact) mass is 293 g/mol. The number of fused-ring (bicyclic) bond motifs is 1. The van der Waals surface area contributed by atoms with Crippen LogP contribution in [-0.2, 0) is 11.2 Å². The number of hydrogen-bond donors (Lipinski definition) is 0. The van der Waals surface area contributed by atoms with E-state index in [0.717, 1.165) is 29.9 Å². The van der Waals surface area contributed by atoms with Crippen molar-refractivity contribution in [3.63, 3.8) is 0 Å². The summed E-state index contributed by atoms with van der Waals surface area (Å²) in [7, 11) is 0. The first-order valence-electron chi connectivity index (χ1n) is 8.08. The third-order valence-electron chi connectivity index (χ3n) is 5.42. The molecule has 0 aromatic carbocycles. The molecule has 0 radical (unpaired) electrons. The van der Waals surface area contributed by atoms with Crippen LogP contribution in [0, 0.1) is 16.7 Å². The van der Waals surface area contributed by atoms with E-state index in [1.54, 1.807) is 12.4 Å². The van der Waals surface area contributed by atoms with Gasteiger partial charge in [-0.05, 0) is 24.5 Å². The molecule has 22 heavy (non-hydrogen) atoms. The van der Waals surface area contributed by atoms with Gasteiger partial charge in [-0.1, -0.05) is 19.3 Å². The third-order valence-corrected chi connectivity index (χ3v) is 5.42. The first-order valence-corrected chi connectivity index (χ1v) is 8.08. The van der Waals surface area contributed by atoms with E-state index in [4.69, 9.17) is 0 Å². The zero-order chi connectivity index (χ0) is 15.2. The molecule has 1 aliphatic heterocycles. The molecule has 112 valence electrons. The lowest BCUT2D eigenvalue weighted by molar-refractivity contribution is -0.114. The number of carbonyl (C=O) groups excluding carboxylic acids is 1. The quantitative estimate of drug-likeness (QED) is 0.799. The normalized spacial score (nSPS) is 23.0. The van der Waals surface area contributed by atoms with Gasteiger partial charge in [-0.2, -0.15) is 5.26 Å². The van der Waals surface area contributed by atoms with E-state index < -0.39 is 0 Å². The summed E-state index contributed by atoms with van der Waals surface area (Å²) < 4.78 is 0. The van der Waals surface area contributed by atoms with Crippen molar-refractivity contribution in [3.8, 4) is 6.07 Å². The maximum Gasteiger partial charge on any atom is 0.179 e. The zero-order valence-corrected chi connectivity index (χ0v) is 12.6. The van der Waals surface area contributed by atoms with Crippen molar-refractivity contribution in [2.45, 2.75) is 38.5 Å². The summed E-state index contributed by atoms with van der Waals surface area (Å²) in [6, 6.07) is 4.10. The predicted octanol–water partition coefficient (Wildman–Crippen LogP) is 2.71. The van der Waals surface area contributed by atoms with Gasteiger partial charge < -0.3 is 4.90 Å². The second-order valence-electron chi connectivity index (χ2n) is 6.88. The smallest absolute Gasteiger partial charge is 0.179 e. The maximum atomic E-state index is 12.3. The van der Waals surface area contributed by atoms with Gasteiger partial charge in [-0.15, -0.1) is 0 Å². The van der Waals surface area contributed by atoms with Crippen molar-refractivity contribution in [1.29, 1.82) is 5.26 Å². The Bertz CT molecular complexity index is 699. The Balaban J connectivity index is 1.70. The Morgan fingerprint density at radius 1 is 1.23 bits per heavy atom. The topological polar surface area (TPSA) is 57.0 Å². The third kappa shape index (κ3) is 1.96. The molecule has 0 amide bonds. The number of allylic oxidation sites excluding steroid dienone is 1. The van der Waals surface area contributed by atoms with E-state index in [-0.39, 0.29) is 5.78 Å². The van der Waals surface area contributed by atoms with Gasteiger partial charge in [0.05, 0.1) is 5.70 Å². The van der Waals surface area contributed by atoms with Gasteiger partial charge in [0.2, 0.25) is 0 Å². The molecule has 3 aliphatic rings. The summed E-state index contributed by atoms with van der Waals surface area (Å²) >= 11 is 0. The maximum absolute atomic E-state index is 12.3. The molecule has 0 atom stereocenters. The van der Waals surface area contributed by atoms with E-state index in [2.05, 4.69) is 16.0 Å². The number of likely N-dealkylation sites (tertiary alicyclic amines) is 1. The van der Waals surface area contributed by atoms with Gasteiger partial charge in [0, 0.05) is 42.9 Å². The largest absolute Gasteiger partial charge is 0.369 e. The van der Waals surface area contributed by atoms with Crippen LogP contribution < -0.4 is 0 Å². The van der Waals surface area contributed by atoms with Crippen molar-refractivity contribution in [1.82, 2.24) is 9.88 Å². The molecule has 1 saturated carbocycles. The highest BCUT2D eigenvalue weighted by atomic mass is 16.1. The van der Waals surface area contributed by atoms with Crippen LogP contribution in [0.15, 0.2) is 24.0 Å². The van der Waals surface area contributed by atoms with Crippen LogP contribution in [0.3, 0.4) is 0 Å². The molecule has 4 rings (SSSR count). The lowest BCUT2D eigenvalue weighted by atomic mass is 9.68. The van der Waals surface area contributed by atoms with E-state index in [9.17, 15) is 10.1 Å². The van der Waals surface area contributed by atoms with E-state index in [0.29, 0.717) is 17.4 Å². The van der Waals surface area contributed by atoms with Gasteiger partial charge >= 0.3 is 0 Å². The van der Waals surface area contributed by atoms with Crippen molar-refractivity contribution in [3.05, 3.63) is 35.2 Å². The molecule has 2 heterocycles. The molecule has 1 spiro atoms. The molecule has 0 unspecified atom stereocenters. The SMILES string of the molecule is N#CC1=C(N2CC3(CCCCC3)C2)c2ccncc2CC1=O. The van der Waals surface area contributed by atoms with Gasteiger partial charge in [0.1, 0.15) is 11.6 Å². The van der Waals surface area contributed by atoms with Gasteiger partial charge in [0.25, 0.3) is 0 Å². The predicted molar refractivity (Wildman–Crippen MR) is 82.6 cm³/mol. The average Bonchev–Trinajstić information content (AvgIpc) is 2.52. The van der Waals surface area contributed by atoms with Crippen LogP contribution in [0.5, 0.6) is 0 Å². The molecular weight excluding hydrogens is 274 g/mol. The van der Waals surface area contributed by atoms with Crippen molar-refractivity contribution >= 4 is 11.5 Å². The molecule has 1 aromatic heterocycles.